The highest BCUT2D eigenvalue weighted by Crippen LogP contribution is 2.32. The van der Waals surface area contributed by atoms with Crippen molar-refractivity contribution in [2.24, 2.45) is 0 Å². The van der Waals surface area contributed by atoms with E-state index in [1.807, 2.05) is 60.9 Å². The SMILES string of the molecule is COc1ccccc1-c1cnn2ccc(N(CC3=COCO3)Cc3ccccc3)nc12. The summed E-state index contributed by atoms with van der Waals surface area (Å²) in [5.41, 5.74) is 3.81. The highest BCUT2D eigenvalue weighted by molar-refractivity contribution is 5.81. The van der Waals surface area contributed by atoms with E-state index in [1.165, 1.54) is 5.56 Å². The van der Waals surface area contributed by atoms with E-state index in [-0.39, 0.29) is 6.79 Å². The second kappa shape index (κ2) is 8.39. The van der Waals surface area contributed by atoms with Gasteiger partial charge in [0.1, 0.15) is 17.8 Å². The van der Waals surface area contributed by atoms with Gasteiger partial charge in [-0.05, 0) is 17.7 Å². The molecule has 7 nitrogen and oxygen atoms in total. The number of aromatic nitrogens is 3. The van der Waals surface area contributed by atoms with Gasteiger partial charge in [0.15, 0.2) is 11.4 Å². The molecule has 2 aromatic carbocycles. The zero-order valence-electron chi connectivity index (χ0n) is 17.1. The highest BCUT2D eigenvalue weighted by atomic mass is 16.7. The summed E-state index contributed by atoms with van der Waals surface area (Å²) in [5.74, 6) is 2.38. The maximum Gasteiger partial charge on any atom is 0.229 e. The molecule has 0 unspecified atom stereocenters. The Kier molecular flexibility index (Phi) is 5.14. The molecule has 0 atom stereocenters. The van der Waals surface area contributed by atoms with Crippen LogP contribution in [0.4, 0.5) is 5.82 Å². The van der Waals surface area contributed by atoms with Gasteiger partial charge in [-0.2, -0.15) is 5.10 Å². The van der Waals surface area contributed by atoms with Gasteiger partial charge in [0.2, 0.25) is 6.79 Å². The molecule has 156 valence electrons. The summed E-state index contributed by atoms with van der Waals surface area (Å²) in [5, 5.41) is 4.48. The maximum atomic E-state index is 5.57. The normalized spacial score (nSPS) is 12.9. The van der Waals surface area contributed by atoms with Crippen molar-refractivity contribution in [1.29, 1.82) is 0 Å². The predicted octanol–water partition coefficient (Wildman–Crippen LogP) is 4.26. The summed E-state index contributed by atoms with van der Waals surface area (Å²) in [6.45, 7) is 1.49. The van der Waals surface area contributed by atoms with E-state index < -0.39 is 0 Å². The summed E-state index contributed by atoms with van der Waals surface area (Å²) >= 11 is 0. The molecular formula is C24H22N4O3. The van der Waals surface area contributed by atoms with Crippen molar-refractivity contribution >= 4 is 11.5 Å². The Morgan fingerprint density at radius 1 is 1.00 bits per heavy atom. The van der Waals surface area contributed by atoms with Gasteiger partial charge in [-0.25, -0.2) is 9.50 Å². The Morgan fingerprint density at radius 3 is 2.65 bits per heavy atom. The van der Waals surface area contributed by atoms with Crippen LogP contribution in [0, 0.1) is 0 Å². The first-order chi connectivity index (χ1) is 15.3. The third-order valence-corrected chi connectivity index (χ3v) is 5.17. The fraction of sp³-hybridized carbons (Fsp3) is 0.167. The number of benzene rings is 2. The number of rotatable bonds is 7. The average molecular weight is 414 g/mol. The van der Waals surface area contributed by atoms with Crippen molar-refractivity contribution in [1.82, 2.24) is 14.6 Å². The van der Waals surface area contributed by atoms with Gasteiger partial charge in [0.25, 0.3) is 0 Å². The van der Waals surface area contributed by atoms with Gasteiger partial charge >= 0.3 is 0 Å². The number of hydrogen-bond donors (Lipinski definition) is 0. The van der Waals surface area contributed by atoms with E-state index >= 15 is 0 Å². The molecule has 0 aliphatic carbocycles. The van der Waals surface area contributed by atoms with Crippen molar-refractivity contribution in [2.75, 3.05) is 25.3 Å². The quantitative estimate of drug-likeness (QED) is 0.450. The molecule has 0 spiro atoms. The molecule has 0 saturated heterocycles. The molecule has 0 bridgehead atoms. The lowest BCUT2D eigenvalue weighted by Gasteiger charge is -2.24. The highest BCUT2D eigenvalue weighted by Gasteiger charge is 2.18. The molecule has 1 aliphatic rings. The lowest BCUT2D eigenvalue weighted by molar-refractivity contribution is 0.0797. The van der Waals surface area contributed by atoms with Gasteiger partial charge in [-0.15, -0.1) is 0 Å². The third-order valence-electron chi connectivity index (χ3n) is 5.17. The predicted molar refractivity (Wildman–Crippen MR) is 118 cm³/mol. The van der Waals surface area contributed by atoms with Crippen LogP contribution in [-0.2, 0) is 16.0 Å². The molecule has 2 aromatic heterocycles. The topological polar surface area (TPSA) is 61.1 Å². The van der Waals surface area contributed by atoms with Crippen molar-refractivity contribution in [3.05, 3.63) is 90.6 Å². The maximum absolute atomic E-state index is 5.57. The van der Waals surface area contributed by atoms with Crippen LogP contribution in [0.5, 0.6) is 5.75 Å². The first-order valence-electron chi connectivity index (χ1n) is 10.0. The molecule has 0 N–H and O–H groups in total. The second-order valence-corrected chi connectivity index (χ2v) is 7.17. The zero-order chi connectivity index (χ0) is 21.0. The summed E-state index contributed by atoms with van der Waals surface area (Å²) in [7, 11) is 1.67. The van der Waals surface area contributed by atoms with Crippen LogP contribution >= 0.6 is 0 Å². The van der Waals surface area contributed by atoms with Crippen LogP contribution in [-0.4, -0.2) is 35.0 Å². The number of nitrogens with zero attached hydrogens (tertiary/aromatic N) is 4. The fourth-order valence-electron chi connectivity index (χ4n) is 3.66. The van der Waals surface area contributed by atoms with E-state index in [0.717, 1.165) is 34.1 Å². The van der Waals surface area contributed by atoms with E-state index in [9.17, 15) is 0 Å². The van der Waals surface area contributed by atoms with Crippen LogP contribution in [0.1, 0.15) is 5.56 Å². The van der Waals surface area contributed by atoms with Crippen molar-refractivity contribution < 1.29 is 14.2 Å². The average Bonchev–Trinajstić information content (AvgIpc) is 3.48. The van der Waals surface area contributed by atoms with Gasteiger partial charge in [0.05, 0.1) is 25.4 Å². The Bertz CT molecular complexity index is 1220. The van der Waals surface area contributed by atoms with Crippen LogP contribution in [0.25, 0.3) is 16.8 Å². The Balaban J connectivity index is 1.55. The number of ether oxygens (including phenoxy) is 3. The standard InChI is InChI=1S/C24H22N4O3/c1-29-22-10-6-5-9-20(22)21-13-25-28-12-11-23(26-24(21)28)27(15-19-16-30-17-31-19)14-18-7-3-2-4-8-18/h2-13,16H,14-15,17H2,1H3. The molecule has 31 heavy (non-hydrogen) atoms. The Hall–Kier alpha value is -4.00. The van der Waals surface area contributed by atoms with E-state index in [1.54, 1.807) is 17.9 Å². The molecule has 5 rings (SSSR count). The van der Waals surface area contributed by atoms with Gasteiger partial charge in [-0.3, -0.25) is 0 Å². The fourth-order valence-corrected chi connectivity index (χ4v) is 3.66. The number of fused-ring (bicyclic) bond motifs is 1. The molecular weight excluding hydrogens is 392 g/mol. The van der Waals surface area contributed by atoms with E-state index in [4.69, 9.17) is 19.2 Å². The molecule has 7 heteroatoms. The summed E-state index contributed by atoms with van der Waals surface area (Å²) in [6.07, 6.45) is 5.41. The van der Waals surface area contributed by atoms with Crippen LogP contribution < -0.4 is 9.64 Å². The minimum Gasteiger partial charge on any atom is -0.496 e. The third kappa shape index (κ3) is 3.90. The number of anilines is 1. The Morgan fingerprint density at radius 2 is 1.84 bits per heavy atom. The molecule has 4 aromatic rings. The smallest absolute Gasteiger partial charge is 0.229 e. The van der Waals surface area contributed by atoms with Crippen LogP contribution in [0.15, 0.2) is 85.1 Å². The number of para-hydroxylation sites is 1. The number of methoxy groups -OCH3 is 1. The summed E-state index contributed by atoms with van der Waals surface area (Å²) < 4.78 is 18.1. The van der Waals surface area contributed by atoms with Gasteiger partial charge < -0.3 is 19.1 Å². The first kappa shape index (κ1) is 19.0. The lowest BCUT2D eigenvalue weighted by atomic mass is 10.1. The van der Waals surface area contributed by atoms with E-state index in [0.29, 0.717) is 13.1 Å². The summed E-state index contributed by atoms with van der Waals surface area (Å²) in [4.78, 5) is 7.13. The minimum atomic E-state index is 0.252. The minimum absolute atomic E-state index is 0.252. The molecule has 0 fully saturated rings. The van der Waals surface area contributed by atoms with E-state index in [2.05, 4.69) is 22.1 Å². The first-order valence-corrected chi connectivity index (χ1v) is 10.0. The van der Waals surface area contributed by atoms with Crippen LogP contribution in [0.3, 0.4) is 0 Å². The molecule has 0 saturated carbocycles. The molecule has 0 amide bonds. The van der Waals surface area contributed by atoms with Gasteiger partial charge in [-0.1, -0.05) is 48.5 Å². The second-order valence-electron chi connectivity index (χ2n) is 7.17. The monoisotopic (exact) mass is 414 g/mol. The van der Waals surface area contributed by atoms with Crippen molar-refractivity contribution in [3.63, 3.8) is 0 Å². The Labute approximate surface area is 180 Å². The zero-order valence-corrected chi connectivity index (χ0v) is 17.1. The number of hydrogen-bond acceptors (Lipinski definition) is 6. The molecule has 3 heterocycles. The summed E-state index contributed by atoms with van der Waals surface area (Å²) in [6, 6.07) is 20.1. The molecule has 0 radical (unpaired) electrons. The van der Waals surface area contributed by atoms with Crippen molar-refractivity contribution in [3.8, 4) is 16.9 Å². The van der Waals surface area contributed by atoms with Crippen LogP contribution in [0.2, 0.25) is 0 Å². The van der Waals surface area contributed by atoms with Gasteiger partial charge in [0, 0.05) is 18.3 Å². The molecule has 1 aliphatic heterocycles. The largest absolute Gasteiger partial charge is 0.496 e. The van der Waals surface area contributed by atoms with Crippen molar-refractivity contribution in [2.45, 2.75) is 6.54 Å². The lowest BCUT2D eigenvalue weighted by Crippen LogP contribution is -2.26.